The number of nitrogens with one attached hydrogen (secondary N) is 2. The Morgan fingerprint density at radius 1 is 1.46 bits per heavy atom. The number of nitrogens with zero attached hydrogens (tertiary/aromatic N) is 1. The third-order valence-corrected chi connectivity index (χ3v) is 5.14. The lowest BCUT2D eigenvalue weighted by Crippen LogP contribution is -2.15. The number of ether oxygens (including phenoxy) is 1. The van der Waals surface area contributed by atoms with Crippen LogP contribution in [-0.2, 0) is 4.79 Å². The van der Waals surface area contributed by atoms with Crippen LogP contribution in [0.15, 0.2) is 39.6 Å². The zero-order valence-electron chi connectivity index (χ0n) is 12.5. The van der Waals surface area contributed by atoms with E-state index in [4.69, 9.17) is 16.3 Å². The fourth-order valence-corrected chi connectivity index (χ4v) is 3.65. The molecule has 24 heavy (non-hydrogen) atoms. The zero-order chi connectivity index (χ0) is 17.1. The van der Waals surface area contributed by atoms with Crippen molar-refractivity contribution in [3.63, 3.8) is 0 Å². The summed E-state index contributed by atoms with van der Waals surface area (Å²) in [7, 11) is 1.52. The molecule has 0 radical (unpaired) electrons. The first kappa shape index (κ1) is 16.8. The van der Waals surface area contributed by atoms with Crippen molar-refractivity contribution in [3.8, 4) is 5.75 Å². The van der Waals surface area contributed by atoms with E-state index in [0.29, 0.717) is 31.8 Å². The number of halogens is 1. The fraction of sp³-hybridized carbons (Fsp3) is 0.133. The Labute approximate surface area is 150 Å². The Hall–Kier alpha value is -2.03. The average molecular weight is 382 g/mol. The quantitative estimate of drug-likeness (QED) is 0.523. The number of H-pyrrole nitrogens is 1. The highest BCUT2D eigenvalue weighted by Crippen LogP contribution is 2.27. The number of carbonyl (C=O) groups is 1. The van der Waals surface area contributed by atoms with Gasteiger partial charge < -0.3 is 15.0 Å². The van der Waals surface area contributed by atoms with Crippen LogP contribution in [0.1, 0.15) is 0 Å². The monoisotopic (exact) mass is 381 g/mol. The van der Waals surface area contributed by atoms with Gasteiger partial charge in [0.15, 0.2) is 5.16 Å². The highest BCUT2D eigenvalue weighted by atomic mass is 35.5. The van der Waals surface area contributed by atoms with Gasteiger partial charge in [0.05, 0.1) is 23.4 Å². The molecule has 1 amide bonds. The molecule has 0 atom stereocenters. The van der Waals surface area contributed by atoms with Gasteiger partial charge in [0.2, 0.25) is 5.91 Å². The number of aromatic amines is 1. The van der Waals surface area contributed by atoms with Crippen molar-refractivity contribution < 1.29 is 9.53 Å². The predicted molar refractivity (Wildman–Crippen MR) is 97.6 cm³/mol. The third-order valence-electron chi connectivity index (χ3n) is 3.07. The summed E-state index contributed by atoms with van der Waals surface area (Å²) < 4.78 is 5.64. The number of methoxy groups -OCH3 is 1. The first-order valence-electron chi connectivity index (χ1n) is 6.80. The normalized spacial score (nSPS) is 10.8. The van der Waals surface area contributed by atoms with E-state index in [1.54, 1.807) is 24.3 Å². The summed E-state index contributed by atoms with van der Waals surface area (Å²) in [6.45, 7) is 0. The molecular formula is C15H12ClN3O3S2. The van der Waals surface area contributed by atoms with E-state index in [1.807, 2.05) is 5.38 Å². The Bertz CT molecular complexity index is 955. The number of anilines is 1. The largest absolute Gasteiger partial charge is 0.495 e. The molecule has 0 unspecified atom stereocenters. The molecule has 0 bridgehead atoms. The summed E-state index contributed by atoms with van der Waals surface area (Å²) in [4.78, 5) is 30.9. The number of rotatable bonds is 5. The molecule has 3 rings (SSSR count). The van der Waals surface area contributed by atoms with Gasteiger partial charge in [-0.2, -0.15) is 0 Å². The van der Waals surface area contributed by atoms with E-state index >= 15 is 0 Å². The number of thiophene rings is 1. The molecule has 2 N–H and O–H groups in total. The number of benzene rings is 1. The van der Waals surface area contributed by atoms with Crippen LogP contribution in [-0.4, -0.2) is 28.7 Å². The maximum atomic E-state index is 12.0. The maximum absolute atomic E-state index is 12.0. The topological polar surface area (TPSA) is 84.1 Å². The third kappa shape index (κ3) is 3.72. The highest BCUT2D eigenvalue weighted by molar-refractivity contribution is 7.99. The summed E-state index contributed by atoms with van der Waals surface area (Å²) in [6.07, 6.45) is 0. The molecule has 3 aromatic rings. The van der Waals surface area contributed by atoms with Crippen molar-refractivity contribution in [2.24, 2.45) is 0 Å². The van der Waals surface area contributed by atoms with Gasteiger partial charge in [-0.15, -0.1) is 11.3 Å². The van der Waals surface area contributed by atoms with Crippen molar-refractivity contribution in [3.05, 3.63) is 45.0 Å². The summed E-state index contributed by atoms with van der Waals surface area (Å²) in [5.41, 5.74) is 1.01. The SMILES string of the molecule is COc1ccc(NC(=O)CSc2nc3ccsc3c(=O)[nH]2)cc1Cl. The molecule has 9 heteroatoms. The Balaban J connectivity index is 1.64. The van der Waals surface area contributed by atoms with Crippen LogP contribution in [0, 0.1) is 0 Å². The molecule has 0 aliphatic heterocycles. The second kappa shape index (κ2) is 7.25. The molecule has 0 fully saturated rings. The van der Waals surface area contributed by atoms with Gasteiger partial charge in [-0.3, -0.25) is 9.59 Å². The lowest BCUT2D eigenvalue weighted by atomic mass is 10.3. The summed E-state index contributed by atoms with van der Waals surface area (Å²) >= 11 is 8.51. The molecule has 0 saturated carbocycles. The minimum Gasteiger partial charge on any atom is -0.495 e. The fourth-order valence-electron chi connectivity index (χ4n) is 2.00. The summed E-state index contributed by atoms with van der Waals surface area (Å²) in [5.74, 6) is 0.423. The van der Waals surface area contributed by atoms with Gasteiger partial charge >= 0.3 is 0 Å². The molecule has 2 heterocycles. The molecule has 6 nitrogen and oxygen atoms in total. The van der Waals surface area contributed by atoms with Gasteiger partial charge in [-0.25, -0.2) is 4.98 Å². The average Bonchev–Trinajstić information content (AvgIpc) is 3.02. The lowest BCUT2D eigenvalue weighted by Gasteiger charge is -2.07. The van der Waals surface area contributed by atoms with E-state index in [9.17, 15) is 9.59 Å². The predicted octanol–water partition coefficient (Wildman–Crippen LogP) is 3.38. The van der Waals surface area contributed by atoms with Crippen LogP contribution in [0.4, 0.5) is 5.69 Å². The van der Waals surface area contributed by atoms with Crippen LogP contribution in [0.25, 0.3) is 10.2 Å². The molecule has 0 aliphatic carbocycles. The van der Waals surface area contributed by atoms with Crippen molar-refractivity contribution in [2.75, 3.05) is 18.2 Å². The van der Waals surface area contributed by atoms with Crippen molar-refractivity contribution >= 4 is 56.5 Å². The van der Waals surface area contributed by atoms with E-state index in [1.165, 1.54) is 18.4 Å². The first-order valence-corrected chi connectivity index (χ1v) is 9.05. The van der Waals surface area contributed by atoms with Crippen LogP contribution in [0.5, 0.6) is 5.75 Å². The zero-order valence-corrected chi connectivity index (χ0v) is 14.8. The Morgan fingerprint density at radius 3 is 3.04 bits per heavy atom. The highest BCUT2D eigenvalue weighted by Gasteiger charge is 2.09. The summed E-state index contributed by atoms with van der Waals surface area (Å²) in [6, 6.07) is 6.76. The molecule has 0 spiro atoms. The van der Waals surface area contributed by atoms with E-state index in [2.05, 4.69) is 15.3 Å². The first-order chi connectivity index (χ1) is 11.6. The van der Waals surface area contributed by atoms with Gasteiger partial charge in [0, 0.05) is 5.69 Å². The van der Waals surface area contributed by atoms with Crippen LogP contribution in [0.3, 0.4) is 0 Å². The van der Waals surface area contributed by atoms with Crippen LogP contribution >= 0.6 is 34.7 Å². The second-order valence-corrected chi connectivity index (χ2v) is 6.98. The Morgan fingerprint density at radius 2 is 2.29 bits per heavy atom. The molecule has 0 saturated heterocycles. The van der Waals surface area contributed by atoms with Gasteiger partial charge in [0.25, 0.3) is 5.56 Å². The van der Waals surface area contributed by atoms with Gasteiger partial charge in [0.1, 0.15) is 10.4 Å². The van der Waals surface area contributed by atoms with Crippen molar-refractivity contribution in [2.45, 2.75) is 5.16 Å². The standard InChI is InChI=1S/C15H12ClN3O3S2/c1-22-11-3-2-8(6-9(11)16)17-12(20)7-24-15-18-10-4-5-23-13(10)14(21)19-15/h2-6H,7H2,1H3,(H,17,20)(H,18,19,21). The molecule has 1 aromatic carbocycles. The van der Waals surface area contributed by atoms with Crippen molar-refractivity contribution in [1.29, 1.82) is 0 Å². The van der Waals surface area contributed by atoms with E-state index < -0.39 is 0 Å². The molecule has 0 aliphatic rings. The number of thioether (sulfide) groups is 1. The summed E-state index contributed by atoms with van der Waals surface area (Å²) in [5, 5.41) is 5.37. The van der Waals surface area contributed by atoms with Gasteiger partial charge in [-0.1, -0.05) is 23.4 Å². The van der Waals surface area contributed by atoms with Gasteiger partial charge in [-0.05, 0) is 29.6 Å². The van der Waals surface area contributed by atoms with E-state index in [-0.39, 0.29) is 17.2 Å². The molecule has 124 valence electrons. The van der Waals surface area contributed by atoms with E-state index in [0.717, 1.165) is 11.8 Å². The number of hydrogen-bond acceptors (Lipinski definition) is 6. The second-order valence-electron chi connectivity index (χ2n) is 4.69. The number of hydrogen-bond donors (Lipinski definition) is 2. The van der Waals surface area contributed by atoms with Crippen molar-refractivity contribution in [1.82, 2.24) is 9.97 Å². The smallest absolute Gasteiger partial charge is 0.269 e. The minimum atomic E-state index is -0.228. The van der Waals surface area contributed by atoms with Crippen LogP contribution in [0.2, 0.25) is 5.02 Å². The molecule has 2 aromatic heterocycles. The number of amides is 1. The maximum Gasteiger partial charge on any atom is 0.269 e. The lowest BCUT2D eigenvalue weighted by molar-refractivity contribution is -0.113. The number of fused-ring (bicyclic) bond motifs is 1. The minimum absolute atomic E-state index is 0.113. The Kier molecular flexibility index (Phi) is 5.08. The molecular weight excluding hydrogens is 370 g/mol. The number of carbonyl (C=O) groups excluding carboxylic acids is 1. The van der Waals surface area contributed by atoms with Crippen LogP contribution < -0.4 is 15.6 Å². The number of aromatic nitrogens is 2.